The molecule has 0 aromatic heterocycles. The van der Waals surface area contributed by atoms with Crippen molar-refractivity contribution in [2.45, 2.75) is 31.5 Å². The second-order valence-electron chi connectivity index (χ2n) is 4.15. The summed E-state index contributed by atoms with van der Waals surface area (Å²) in [5.41, 5.74) is 0.775. The van der Waals surface area contributed by atoms with Crippen LogP contribution in [0.1, 0.15) is 17.3 Å². The minimum atomic E-state index is -1.38. The lowest BCUT2D eigenvalue weighted by atomic mass is 10.1. The summed E-state index contributed by atoms with van der Waals surface area (Å²) in [7, 11) is 0. The van der Waals surface area contributed by atoms with Crippen LogP contribution in [0, 0.1) is 0 Å². The highest BCUT2D eigenvalue weighted by molar-refractivity contribution is 5.93. The number of carbonyl (C=O) groups is 1. The molecule has 1 aromatic carbocycles. The molecule has 0 bridgehead atoms. The second-order valence-corrected chi connectivity index (χ2v) is 4.15. The highest BCUT2D eigenvalue weighted by atomic mass is 16.6. The number of Topliss-reactive ketones (excluding diaryl/α,β-unsaturated/α-hetero) is 1. The second kappa shape index (κ2) is 7.32. The van der Waals surface area contributed by atoms with Crippen LogP contribution >= 0.6 is 0 Å². The van der Waals surface area contributed by atoms with Crippen LogP contribution in [0.5, 0.6) is 0 Å². The van der Waals surface area contributed by atoms with Crippen molar-refractivity contribution in [3.8, 4) is 0 Å². The molecule has 0 aliphatic carbocycles. The van der Waals surface area contributed by atoms with Gasteiger partial charge in [0.05, 0.1) is 6.61 Å². The smallest absolute Gasteiger partial charge is 0.184 e. The van der Waals surface area contributed by atoms with Crippen molar-refractivity contribution >= 4 is 5.78 Å². The molecule has 2 rings (SSSR count). The summed E-state index contributed by atoms with van der Waals surface area (Å²) in [6, 6.07) is 9.23. The average molecular weight is 270 g/mol. The molecule has 1 unspecified atom stereocenters. The van der Waals surface area contributed by atoms with Gasteiger partial charge in [0, 0.05) is 5.56 Å². The number of ether oxygens (including phenoxy) is 1. The number of hydrogen-bond donors (Lipinski definition) is 4. The van der Waals surface area contributed by atoms with E-state index >= 15 is 0 Å². The van der Waals surface area contributed by atoms with E-state index in [1.807, 2.05) is 30.3 Å². The van der Waals surface area contributed by atoms with Crippen molar-refractivity contribution in [2.75, 3.05) is 6.61 Å². The Hall–Kier alpha value is -1.31. The van der Waals surface area contributed by atoms with Gasteiger partial charge in [-0.25, -0.2) is 0 Å². The first-order valence-corrected chi connectivity index (χ1v) is 5.84. The molecule has 0 spiro atoms. The zero-order valence-corrected chi connectivity index (χ0v) is 10.5. The predicted octanol–water partition coefficient (Wildman–Crippen LogP) is -0.693. The van der Waals surface area contributed by atoms with Gasteiger partial charge in [0.1, 0.15) is 18.3 Å². The molecule has 106 valence electrons. The fourth-order valence-corrected chi connectivity index (χ4v) is 1.55. The lowest BCUT2D eigenvalue weighted by Crippen LogP contribution is -2.33. The maximum Gasteiger partial charge on any atom is 0.184 e. The summed E-state index contributed by atoms with van der Waals surface area (Å²) < 4.78 is 4.54. The molecule has 6 heteroatoms. The van der Waals surface area contributed by atoms with Gasteiger partial charge in [-0.05, 0) is 6.92 Å². The molecular formula is C13H18O6. The number of benzene rings is 1. The normalized spacial score (nSPS) is 29.5. The molecule has 0 amide bonds. The van der Waals surface area contributed by atoms with Crippen LogP contribution in [0.15, 0.2) is 30.3 Å². The zero-order chi connectivity index (χ0) is 14.4. The lowest BCUT2D eigenvalue weighted by Gasteiger charge is -2.09. The first kappa shape index (κ1) is 15.7. The predicted molar refractivity (Wildman–Crippen MR) is 66.4 cm³/mol. The van der Waals surface area contributed by atoms with Crippen LogP contribution in [-0.4, -0.2) is 57.4 Å². The van der Waals surface area contributed by atoms with Crippen LogP contribution in [-0.2, 0) is 4.74 Å². The quantitative estimate of drug-likeness (QED) is 0.530. The molecule has 1 fully saturated rings. The van der Waals surface area contributed by atoms with E-state index in [0.29, 0.717) is 0 Å². The number of carbonyl (C=O) groups excluding carboxylic acids is 1. The number of hydrogen-bond acceptors (Lipinski definition) is 6. The fraction of sp³-hybridized carbons (Fsp3) is 0.462. The van der Waals surface area contributed by atoms with E-state index in [4.69, 9.17) is 20.4 Å². The monoisotopic (exact) mass is 270 g/mol. The highest BCUT2D eigenvalue weighted by Gasteiger charge is 2.41. The number of rotatable bonds is 2. The van der Waals surface area contributed by atoms with Gasteiger partial charge in [-0.3, -0.25) is 4.79 Å². The molecule has 0 radical (unpaired) electrons. The molecule has 0 saturated carbocycles. The largest absolute Gasteiger partial charge is 0.394 e. The van der Waals surface area contributed by atoms with Gasteiger partial charge in [-0.1, -0.05) is 30.3 Å². The minimum Gasteiger partial charge on any atom is -0.394 e. The van der Waals surface area contributed by atoms with Crippen molar-refractivity contribution in [1.29, 1.82) is 0 Å². The van der Waals surface area contributed by atoms with Crippen molar-refractivity contribution in [2.24, 2.45) is 0 Å². The van der Waals surface area contributed by atoms with Crippen LogP contribution in [0.2, 0.25) is 0 Å². The summed E-state index contributed by atoms with van der Waals surface area (Å²) in [6.45, 7) is 1.16. The van der Waals surface area contributed by atoms with E-state index in [-0.39, 0.29) is 5.78 Å². The van der Waals surface area contributed by atoms with Gasteiger partial charge in [0.2, 0.25) is 0 Å². The Morgan fingerprint density at radius 3 is 2.00 bits per heavy atom. The summed E-state index contributed by atoms with van der Waals surface area (Å²) in [6.07, 6.45) is -4.76. The Morgan fingerprint density at radius 1 is 1.16 bits per heavy atom. The third kappa shape index (κ3) is 4.38. The molecule has 19 heavy (non-hydrogen) atoms. The summed E-state index contributed by atoms with van der Waals surface area (Å²) in [5, 5.41) is 35.0. The van der Waals surface area contributed by atoms with E-state index in [1.54, 1.807) is 6.92 Å². The van der Waals surface area contributed by atoms with E-state index in [2.05, 4.69) is 4.74 Å². The van der Waals surface area contributed by atoms with E-state index in [1.165, 1.54) is 0 Å². The minimum absolute atomic E-state index is 0.121. The average Bonchev–Trinajstić information content (AvgIpc) is 2.67. The van der Waals surface area contributed by atoms with Crippen LogP contribution in [0.3, 0.4) is 0 Å². The first-order valence-electron chi connectivity index (χ1n) is 5.84. The summed E-state index contributed by atoms with van der Waals surface area (Å²) >= 11 is 0. The van der Waals surface area contributed by atoms with Crippen molar-refractivity contribution in [1.82, 2.24) is 0 Å². The molecule has 1 aliphatic heterocycles. The lowest BCUT2D eigenvalue weighted by molar-refractivity contribution is -0.132. The molecule has 4 atom stereocenters. The zero-order valence-electron chi connectivity index (χ0n) is 10.5. The van der Waals surface area contributed by atoms with Crippen LogP contribution < -0.4 is 0 Å². The van der Waals surface area contributed by atoms with Crippen LogP contribution in [0.4, 0.5) is 0 Å². The molecule has 1 saturated heterocycles. The SMILES string of the molecule is CC(=O)c1ccccc1.OC[C@@H]1OC(O)[C@@H](O)[C@H]1O. The topological polar surface area (TPSA) is 107 Å². The highest BCUT2D eigenvalue weighted by Crippen LogP contribution is 2.18. The van der Waals surface area contributed by atoms with Crippen LogP contribution in [0.25, 0.3) is 0 Å². The summed E-state index contributed by atoms with van der Waals surface area (Å²) in [4.78, 5) is 10.6. The van der Waals surface area contributed by atoms with E-state index in [9.17, 15) is 4.79 Å². The standard InChI is InChI=1S/C8H8O.C5H10O5/c1-7(9)8-5-3-2-4-6-8;6-1-2-3(7)4(8)5(9)10-2/h2-6H,1H3;2-9H,1H2/t;2-,3-,4-,5?/m.0/s1. The molecule has 1 aliphatic rings. The Bertz CT molecular complexity index is 393. The molecule has 1 aromatic rings. The third-order valence-electron chi connectivity index (χ3n) is 2.70. The third-order valence-corrected chi connectivity index (χ3v) is 2.70. The van der Waals surface area contributed by atoms with E-state index < -0.39 is 31.2 Å². The Balaban J connectivity index is 0.000000191. The van der Waals surface area contributed by atoms with Crippen molar-refractivity contribution < 1.29 is 30.0 Å². The first-order chi connectivity index (χ1) is 8.97. The maximum atomic E-state index is 10.6. The number of aliphatic hydroxyl groups is 4. The van der Waals surface area contributed by atoms with Gasteiger partial charge in [0.25, 0.3) is 0 Å². The van der Waals surface area contributed by atoms with E-state index in [0.717, 1.165) is 5.56 Å². The van der Waals surface area contributed by atoms with Gasteiger partial charge >= 0.3 is 0 Å². The van der Waals surface area contributed by atoms with Crippen molar-refractivity contribution in [3.05, 3.63) is 35.9 Å². The number of ketones is 1. The molecule has 6 nitrogen and oxygen atoms in total. The van der Waals surface area contributed by atoms with Gasteiger partial charge in [0.15, 0.2) is 12.1 Å². The Kier molecular flexibility index (Phi) is 6.07. The number of aliphatic hydroxyl groups excluding tert-OH is 4. The molecule has 1 heterocycles. The molecule has 4 N–H and O–H groups in total. The van der Waals surface area contributed by atoms with Gasteiger partial charge in [-0.15, -0.1) is 0 Å². The Labute approximate surface area is 110 Å². The van der Waals surface area contributed by atoms with Crippen molar-refractivity contribution in [3.63, 3.8) is 0 Å². The Morgan fingerprint density at radius 2 is 1.74 bits per heavy atom. The maximum absolute atomic E-state index is 10.6. The molecular weight excluding hydrogens is 252 g/mol. The van der Waals surface area contributed by atoms with Gasteiger partial charge < -0.3 is 25.2 Å². The summed E-state index contributed by atoms with van der Waals surface area (Å²) in [5.74, 6) is 0.121. The van der Waals surface area contributed by atoms with Gasteiger partial charge in [-0.2, -0.15) is 0 Å². The fourth-order valence-electron chi connectivity index (χ4n) is 1.55.